The largest absolute Gasteiger partial charge is 0.464 e. The smallest absolute Gasteiger partial charge is 0.318 e. The van der Waals surface area contributed by atoms with Crippen LogP contribution in [0.25, 0.3) is 5.52 Å². The summed E-state index contributed by atoms with van der Waals surface area (Å²) in [5.74, 6) is -0.244. The van der Waals surface area contributed by atoms with Crippen LogP contribution in [0.5, 0.6) is 6.01 Å². The molecule has 37 heavy (non-hydrogen) atoms. The highest BCUT2D eigenvalue weighted by Gasteiger charge is 2.41. The molecule has 0 aliphatic heterocycles. The monoisotopic (exact) mass is 504 g/mol. The number of carbonyl (C=O) groups is 1. The highest BCUT2D eigenvalue weighted by molar-refractivity contribution is 5.94. The third-order valence-electron chi connectivity index (χ3n) is 5.61. The molecule has 190 valence electrons. The molecule has 0 unspecified atom stereocenters. The number of halogens is 1. The molecule has 4 rings (SSSR count). The molecule has 0 spiro atoms. The minimum atomic E-state index is -2.00. The van der Waals surface area contributed by atoms with E-state index in [0.29, 0.717) is 23.5 Å². The van der Waals surface area contributed by atoms with Crippen LogP contribution in [-0.2, 0) is 0 Å². The van der Waals surface area contributed by atoms with Gasteiger partial charge in [-0.15, -0.1) is 0 Å². The SMILES string of the molecule is CCOc1nccc(NC[C@@](C)(O)[C@H](F)[C@H](NC(=O)c2cccnc2)c2ccc3cc(C#N)cnn23)n1. The zero-order chi connectivity index (χ0) is 26.4. The molecule has 4 aromatic heterocycles. The average molecular weight is 505 g/mol. The molecular weight excluding hydrogens is 479 g/mol. The molecule has 12 heteroatoms. The average Bonchev–Trinajstić information content (AvgIpc) is 3.34. The number of anilines is 1. The van der Waals surface area contributed by atoms with Gasteiger partial charge in [0.1, 0.15) is 23.5 Å². The second-order valence-electron chi connectivity index (χ2n) is 8.41. The molecular formula is C25H25FN8O3. The molecule has 0 fully saturated rings. The van der Waals surface area contributed by atoms with Gasteiger partial charge in [0.25, 0.3) is 5.91 Å². The van der Waals surface area contributed by atoms with E-state index in [9.17, 15) is 15.2 Å². The quantitative estimate of drug-likeness (QED) is 0.296. The van der Waals surface area contributed by atoms with Crippen molar-refractivity contribution >= 4 is 17.2 Å². The van der Waals surface area contributed by atoms with Crippen LogP contribution in [0, 0.1) is 11.3 Å². The van der Waals surface area contributed by atoms with Crippen LogP contribution in [0.2, 0.25) is 0 Å². The van der Waals surface area contributed by atoms with E-state index in [1.54, 1.807) is 43.3 Å². The van der Waals surface area contributed by atoms with Crippen molar-refractivity contribution in [3.8, 4) is 12.1 Å². The van der Waals surface area contributed by atoms with Gasteiger partial charge in [0.05, 0.1) is 35.1 Å². The van der Waals surface area contributed by atoms with Gasteiger partial charge in [0.15, 0.2) is 6.17 Å². The van der Waals surface area contributed by atoms with Crippen LogP contribution < -0.4 is 15.4 Å². The topological polar surface area (TPSA) is 150 Å². The number of rotatable bonds is 10. The molecule has 0 saturated carbocycles. The standard InChI is InChI=1S/C25H25FN8O3/c1-3-37-24-29-10-8-20(32-24)30-15-25(2,36)22(26)21(33-23(35)17-5-4-9-28-14-17)19-7-6-18-11-16(12-27)13-31-34(18)19/h4-11,13-14,21-22,36H,3,15H2,1-2H3,(H,33,35)(H,29,30,32)/t21-,22-,25-/m1/s1. The summed E-state index contributed by atoms with van der Waals surface area (Å²) in [5, 5.41) is 30.2. The third-order valence-corrected chi connectivity index (χ3v) is 5.61. The van der Waals surface area contributed by atoms with Gasteiger partial charge in [-0.05, 0) is 50.2 Å². The highest BCUT2D eigenvalue weighted by Crippen LogP contribution is 2.30. The fourth-order valence-corrected chi connectivity index (χ4v) is 3.70. The van der Waals surface area contributed by atoms with E-state index >= 15 is 4.39 Å². The van der Waals surface area contributed by atoms with Crippen molar-refractivity contribution in [3.63, 3.8) is 0 Å². The molecule has 1 amide bonds. The summed E-state index contributed by atoms with van der Waals surface area (Å²) in [4.78, 5) is 25.1. The van der Waals surface area contributed by atoms with Gasteiger partial charge in [-0.3, -0.25) is 9.78 Å². The number of aliphatic hydroxyl groups is 1. The molecule has 11 nitrogen and oxygen atoms in total. The highest BCUT2D eigenvalue weighted by atomic mass is 19.1. The molecule has 0 aliphatic rings. The molecule has 0 aliphatic carbocycles. The molecule has 4 heterocycles. The van der Waals surface area contributed by atoms with E-state index < -0.39 is 23.7 Å². The lowest BCUT2D eigenvalue weighted by Crippen LogP contribution is -2.50. The van der Waals surface area contributed by atoms with Crippen molar-refractivity contribution < 1.29 is 19.0 Å². The van der Waals surface area contributed by atoms with E-state index in [4.69, 9.17) is 4.74 Å². The Kier molecular flexibility index (Phi) is 7.55. The fraction of sp³-hybridized carbons (Fsp3) is 0.280. The lowest BCUT2D eigenvalue weighted by atomic mass is 9.92. The minimum Gasteiger partial charge on any atom is -0.464 e. The zero-order valence-electron chi connectivity index (χ0n) is 20.2. The Bertz CT molecular complexity index is 1420. The summed E-state index contributed by atoms with van der Waals surface area (Å²) < 4.78 is 22.9. The number of nitrogens with zero attached hydrogens (tertiary/aromatic N) is 6. The summed E-state index contributed by atoms with van der Waals surface area (Å²) in [6.07, 6.45) is 3.70. The van der Waals surface area contributed by atoms with Gasteiger partial charge in [0.2, 0.25) is 0 Å². The van der Waals surface area contributed by atoms with E-state index in [1.165, 1.54) is 36.2 Å². The second kappa shape index (κ2) is 11.0. The van der Waals surface area contributed by atoms with E-state index in [0.717, 1.165) is 0 Å². The number of aromatic nitrogens is 5. The van der Waals surface area contributed by atoms with Gasteiger partial charge in [-0.2, -0.15) is 15.3 Å². The minimum absolute atomic E-state index is 0.146. The maximum Gasteiger partial charge on any atom is 0.318 e. The van der Waals surface area contributed by atoms with Crippen LogP contribution in [0.1, 0.15) is 41.5 Å². The third kappa shape index (κ3) is 5.79. The van der Waals surface area contributed by atoms with Gasteiger partial charge in [-0.25, -0.2) is 13.9 Å². The normalized spacial score (nSPS) is 14.2. The number of hydrogen-bond acceptors (Lipinski definition) is 9. The predicted molar refractivity (Wildman–Crippen MR) is 132 cm³/mol. The van der Waals surface area contributed by atoms with E-state index in [-0.39, 0.29) is 23.8 Å². The summed E-state index contributed by atoms with van der Waals surface area (Å²) in [6.45, 7) is 3.24. The van der Waals surface area contributed by atoms with Crippen LogP contribution >= 0.6 is 0 Å². The van der Waals surface area contributed by atoms with Crippen LogP contribution in [-0.4, -0.2) is 60.5 Å². The van der Waals surface area contributed by atoms with Crippen molar-refractivity contribution in [3.05, 3.63) is 78.0 Å². The summed E-state index contributed by atoms with van der Waals surface area (Å²) >= 11 is 0. The number of amides is 1. The first-order valence-corrected chi connectivity index (χ1v) is 11.5. The molecule has 3 atom stereocenters. The first-order chi connectivity index (χ1) is 17.8. The Morgan fingerprint density at radius 2 is 2.14 bits per heavy atom. The van der Waals surface area contributed by atoms with E-state index in [1.807, 2.05) is 6.07 Å². The number of ether oxygens (including phenoxy) is 1. The maximum atomic E-state index is 16.2. The predicted octanol–water partition coefficient (Wildman–Crippen LogP) is 2.46. The number of nitrogens with one attached hydrogen (secondary N) is 2. The Labute approximate surface area is 212 Å². The number of pyridine rings is 1. The van der Waals surface area contributed by atoms with Gasteiger partial charge >= 0.3 is 6.01 Å². The molecule has 0 saturated heterocycles. The van der Waals surface area contributed by atoms with Gasteiger partial charge in [0, 0.05) is 25.1 Å². The number of fused-ring (bicyclic) bond motifs is 1. The Morgan fingerprint density at radius 3 is 2.86 bits per heavy atom. The Hall–Kier alpha value is -4.63. The molecule has 0 aromatic carbocycles. The summed E-state index contributed by atoms with van der Waals surface area (Å²) in [7, 11) is 0. The van der Waals surface area contributed by atoms with Crippen LogP contribution in [0.4, 0.5) is 10.2 Å². The second-order valence-corrected chi connectivity index (χ2v) is 8.41. The van der Waals surface area contributed by atoms with Gasteiger partial charge < -0.3 is 20.5 Å². The van der Waals surface area contributed by atoms with Crippen molar-refractivity contribution in [2.45, 2.75) is 31.7 Å². The number of nitriles is 1. The van der Waals surface area contributed by atoms with Crippen LogP contribution in [0.3, 0.4) is 0 Å². The maximum absolute atomic E-state index is 16.2. The van der Waals surface area contributed by atoms with Crippen molar-refractivity contribution in [1.29, 1.82) is 5.26 Å². The number of carbonyl (C=O) groups excluding carboxylic acids is 1. The number of hydrogen-bond donors (Lipinski definition) is 3. The molecule has 3 N–H and O–H groups in total. The Balaban J connectivity index is 1.63. The Morgan fingerprint density at radius 1 is 1.30 bits per heavy atom. The van der Waals surface area contributed by atoms with Crippen molar-refractivity contribution in [1.82, 2.24) is 29.9 Å². The molecule has 4 aromatic rings. The first-order valence-electron chi connectivity index (χ1n) is 11.5. The van der Waals surface area contributed by atoms with Crippen LogP contribution in [0.15, 0.2) is 61.2 Å². The molecule has 0 radical (unpaired) electrons. The first kappa shape index (κ1) is 25.5. The zero-order valence-corrected chi connectivity index (χ0v) is 20.2. The van der Waals surface area contributed by atoms with Crippen molar-refractivity contribution in [2.75, 3.05) is 18.5 Å². The number of alkyl halides is 1. The summed E-state index contributed by atoms with van der Waals surface area (Å²) in [5.41, 5.74) is -0.602. The molecule has 0 bridgehead atoms. The van der Waals surface area contributed by atoms with Gasteiger partial charge in [-0.1, -0.05) is 0 Å². The lowest BCUT2D eigenvalue weighted by molar-refractivity contribution is -0.0253. The van der Waals surface area contributed by atoms with E-state index in [2.05, 4.69) is 30.7 Å². The lowest BCUT2D eigenvalue weighted by Gasteiger charge is -2.33. The summed E-state index contributed by atoms with van der Waals surface area (Å²) in [6, 6.07) is 10.4. The fourth-order valence-electron chi connectivity index (χ4n) is 3.70. The van der Waals surface area contributed by atoms with Crippen molar-refractivity contribution in [2.24, 2.45) is 0 Å².